The molecule has 162 valence electrons. The van der Waals surface area contributed by atoms with Crippen LogP contribution in [0.5, 0.6) is 0 Å². The van der Waals surface area contributed by atoms with E-state index in [1.165, 1.54) is 31.0 Å². The van der Waals surface area contributed by atoms with Gasteiger partial charge in [0, 0.05) is 23.6 Å². The Morgan fingerprint density at radius 2 is 1.60 bits per heavy atom. The molecule has 2 fully saturated rings. The molecule has 2 atom stereocenters. The van der Waals surface area contributed by atoms with Crippen molar-refractivity contribution in [3.05, 3.63) is 71.0 Å². The topological polar surface area (TPSA) is 6.48 Å². The molecule has 0 bridgehead atoms. The SMILES string of the molecule is CN1CCC(N(C)C2CCC(Cc3ccc(F)cc3F)(c3ccc(F)cc3)C2)CC1. The summed E-state index contributed by atoms with van der Waals surface area (Å²) in [5.41, 5.74) is 1.31. The van der Waals surface area contributed by atoms with E-state index >= 15 is 0 Å². The van der Waals surface area contributed by atoms with Gasteiger partial charge < -0.3 is 9.80 Å². The molecule has 5 heteroatoms. The van der Waals surface area contributed by atoms with Crippen molar-refractivity contribution in [3.8, 4) is 0 Å². The summed E-state index contributed by atoms with van der Waals surface area (Å²) in [6, 6.07) is 11.5. The quantitative estimate of drug-likeness (QED) is 0.664. The lowest BCUT2D eigenvalue weighted by atomic mass is 9.74. The molecule has 0 amide bonds. The number of piperidine rings is 1. The summed E-state index contributed by atoms with van der Waals surface area (Å²) < 4.78 is 41.6. The van der Waals surface area contributed by atoms with E-state index in [4.69, 9.17) is 0 Å². The minimum absolute atomic E-state index is 0.264. The Morgan fingerprint density at radius 1 is 0.933 bits per heavy atom. The second-order valence-corrected chi connectivity index (χ2v) is 9.30. The van der Waals surface area contributed by atoms with Gasteiger partial charge in [-0.1, -0.05) is 18.2 Å². The maximum atomic E-state index is 14.5. The first-order valence-electron chi connectivity index (χ1n) is 11.0. The molecule has 1 aliphatic carbocycles. The van der Waals surface area contributed by atoms with Crippen LogP contribution >= 0.6 is 0 Å². The Bertz CT molecular complexity index is 861. The van der Waals surface area contributed by atoms with Crippen LogP contribution in [0.3, 0.4) is 0 Å². The molecule has 0 aromatic heterocycles. The van der Waals surface area contributed by atoms with E-state index in [1.54, 1.807) is 6.07 Å². The second kappa shape index (κ2) is 8.72. The molecule has 1 saturated carbocycles. The van der Waals surface area contributed by atoms with Crippen LogP contribution in [0.4, 0.5) is 13.2 Å². The van der Waals surface area contributed by atoms with E-state index in [0.29, 0.717) is 24.1 Å². The molecular formula is C25H31F3N2. The fourth-order valence-electron chi connectivity index (χ4n) is 5.50. The molecule has 2 aromatic carbocycles. The van der Waals surface area contributed by atoms with Crippen LogP contribution in [-0.4, -0.2) is 49.1 Å². The van der Waals surface area contributed by atoms with Crippen molar-refractivity contribution in [1.82, 2.24) is 9.80 Å². The highest BCUT2D eigenvalue weighted by Crippen LogP contribution is 2.46. The molecule has 1 aliphatic heterocycles. The number of rotatable bonds is 5. The van der Waals surface area contributed by atoms with E-state index < -0.39 is 11.6 Å². The first kappa shape index (κ1) is 21.4. The molecule has 0 radical (unpaired) electrons. The van der Waals surface area contributed by atoms with E-state index in [1.807, 2.05) is 12.1 Å². The fourth-order valence-corrected chi connectivity index (χ4v) is 5.50. The smallest absolute Gasteiger partial charge is 0.129 e. The lowest BCUT2D eigenvalue weighted by Gasteiger charge is -2.39. The molecule has 30 heavy (non-hydrogen) atoms. The average Bonchev–Trinajstić information content (AvgIpc) is 3.16. The maximum Gasteiger partial charge on any atom is 0.129 e. The van der Waals surface area contributed by atoms with E-state index in [-0.39, 0.29) is 11.2 Å². The highest BCUT2D eigenvalue weighted by atomic mass is 19.1. The summed E-state index contributed by atoms with van der Waals surface area (Å²) in [5, 5.41) is 0. The van der Waals surface area contributed by atoms with E-state index in [9.17, 15) is 13.2 Å². The van der Waals surface area contributed by atoms with Crippen LogP contribution in [0, 0.1) is 17.5 Å². The Morgan fingerprint density at radius 3 is 2.27 bits per heavy atom. The lowest BCUT2D eigenvalue weighted by Crippen LogP contribution is -2.46. The molecule has 0 N–H and O–H groups in total. The summed E-state index contributed by atoms with van der Waals surface area (Å²) in [4.78, 5) is 4.90. The van der Waals surface area contributed by atoms with Gasteiger partial charge in [-0.2, -0.15) is 0 Å². The van der Waals surface area contributed by atoms with Crippen molar-refractivity contribution in [2.24, 2.45) is 0 Å². The van der Waals surface area contributed by atoms with E-state index in [0.717, 1.165) is 44.0 Å². The number of benzene rings is 2. The van der Waals surface area contributed by atoms with E-state index in [2.05, 4.69) is 23.9 Å². The molecule has 2 unspecified atom stereocenters. The Hall–Kier alpha value is -1.85. The van der Waals surface area contributed by atoms with Crippen LogP contribution < -0.4 is 0 Å². The monoisotopic (exact) mass is 416 g/mol. The van der Waals surface area contributed by atoms with Crippen molar-refractivity contribution in [3.63, 3.8) is 0 Å². The highest BCUT2D eigenvalue weighted by Gasteiger charge is 2.43. The Labute approximate surface area is 177 Å². The first-order chi connectivity index (χ1) is 14.4. The van der Waals surface area contributed by atoms with Crippen molar-refractivity contribution < 1.29 is 13.2 Å². The zero-order valence-corrected chi connectivity index (χ0v) is 17.9. The number of halogens is 3. The summed E-state index contributed by atoms with van der Waals surface area (Å²) in [7, 11) is 4.39. The standard InChI is InChI=1S/C25H31F3N2/c1-29-13-10-22(11-14-29)30(2)23-9-12-25(17-23,19-4-7-20(26)8-5-19)16-18-3-6-21(27)15-24(18)28/h3-8,15,22-23H,9-14,16-17H2,1-2H3. The van der Waals surface area contributed by atoms with Crippen molar-refractivity contribution in [2.45, 2.75) is 56.0 Å². The van der Waals surface area contributed by atoms with Gasteiger partial charge in [0.1, 0.15) is 17.5 Å². The van der Waals surface area contributed by atoms with Crippen LogP contribution in [0.15, 0.2) is 42.5 Å². The minimum Gasteiger partial charge on any atom is -0.306 e. The van der Waals surface area contributed by atoms with Gasteiger partial charge in [0.05, 0.1) is 0 Å². The molecule has 0 spiro atoms. The van der Waals surface area contributed by atoms with Gasteiger partial charge in [0.25, 0.3) is 0 Å². The molecule has 2 aromatic rings. The summed E-state index contributed by atoms with van der Waals surface area (Å²) >= 11 is 0. The molecule has 4 rings (SSSR count). The van der Waals surface area contributed by atoms with Crippen LogP contribution in [0.2, 0.25) is 0 Å². The number of hydrogen-bond donors (Lipinski definition) is 0. The lowest BCUT2D eigenvalue weighted by molar-refractivity contribution is 0.106. The average molecular weight is 417 g/mol. The highest BCUT2D eigenvalue weighted by molar-refractivity contribution is 5.32. The van der Waals surface area contributed by atoms with Gasteiger partial charge in [-0.25, -0.2) is 13.2 Å². The Kier molecular flexibility index (Phi) is 6.21. The normalized spacial score (nSPS) is 25.9. The van der Waals surface area contributed by atoms with Gasteiger partial charge in [-0.15, -0.1) is 0 Å². The Balaban J connectivity index is 1.59. The second-order valence-electron chi connectivity index (χ2n) is 9.30. The molecule has 2 aliphatic rings. The summed E-state index contributed by atoms with van der Waals surface area (Å²) in [6.07, 6.45) is 5.68. The third kappa shape index (κ3) is 4.42. The number of hydrogen-bond acceptors (Lipinski definition) is 2. The predicted octanol–water partition coefficient (Wildman–Crippen LogP) is 5.16. The molecule has 1 heterocycles. The molecular weight excluding hydrogens is 385 g/mol. The van der Waals surface area contributed by atoms with Gasteiger partial charge in [-0.3, -0.25) is 0 Å². The van der Waals surface area contributed by atoms with Gasteiger partial charge >= 0.3 is 0 Å². The maximum absolute atomic E-state index is 14.5. The number of likely N-dealkylation sites (tertiary alicyclic amines) is 1. The fraction of sp³-hybridized carbons (Fsp3) is 0.520. The summed E-state index contributed by atoms with van der Waals surface area (Å²) in [5.74, 6) is -1.32. The summed E-state index contributed by atoms with van der Waals surface area (Å²) in [6.45, 7) is 2.23. The van der Waals surface area contributed by atoms with Crippen molar-refractivity contribution in [1.29, 1.82) is 0 Å². The van der Waals surface area contributed by atoms with Crippen molar-refractivity contribution in [2.75, 3.05) is 27.2 Å². The van der Waals surface area contributed by atoms with Crippen LogP contribution in [0.25, 0.3) is 0 Å². The molecule has 1 saturated heterocycles. The zero-order chi connectivity index (χ0) is 21.3. The van der Waals surface area contributed by atoms with Crippen molar-refractivity contribution >= 4 is 0 Å². The van der Waals surface area contributed by atoms with Crippen LogP contribution in [-0.2, 0) is 11.8 Å². The zero-order valence-electron chi connectivity index (χ0n) is 17.9. The first-order valence-corrected chi connectivity index (χ1v) is 11.0. The third-order valence-electron chi connectivity index (χ3n) is 7.42. The minimum atomic E-state index is -0.557. The van der Waals surface area contributed by atoms with Gasteiger partial charge in [0.15, 0.2) is 0 Å². The van der Waals surface area contributed by atoms with Gasteiger partial charge in [-0.05, 0) is 95.0 Å². The van der Waals surface area contributed by atoms with Gasteiger partial charge in [0.2, 0.25) is 0 Å². The predicted molar refractivity (Wildman–Crippen MR) is 114 cm³/mol. The van der Waals surface area contributed by atoms with Crippen LogP contribution in [0.1, 0.15) is 43.2 Å². The number of nitrogens with zero attached hydrogens (tertiary/aromatic N) is 2. The largest absolute Gasteiger partial charge is 0.306 e. The third-order valence-corrected chi connectivity index (χ3v) is 7.42. The molecule has 2 nitrogen and oxygen atoms in total.